The number of hydrogen-bond donors (Lipinski definition) is 1. The molecular weight excluding hydrogens is 240 g/mol. The summed E-state index contributed by atoms with van der Waals surface area (Å²) in [5.74, 6) is 1.13. The quantitative estimate of drug-likeness (QED) is 0.871. The summed E-state index contributed by atoms with van der Waals surface area (Å²) in [4.78, 5) is 13.4. The third-order valence-corrected chi connectivity index (χ3v) is 3.49. The number of fused-ring (bicyclic) bond motifs is 1. The number of likely N-dealkylation sites (N-methyl/N-ethyl adjacent to an activating group) is 1. The van der Waals surface area contributed by atoms with E-state index in [0.29, 0.717) is 13.0 Å². The van der Waals surface area contributed by atoms with Crippen LogP contribution in [-0.4, -0.2) is 37.6 Å². The monoisotopic (exact) mass is 262 g/mol. The molecule has 104 valence electrons. The molecule has 0 fully saturated rings. The molecule has 4 nitrogen and oxygen atoms in total. The number of nitrogens with two attached hydrogens (primary N) is 1. The van der Waals surface area contributed by atoms with Gasteiger partial charge in [0, 0.05) is 26.6 Å². The predicted molar refractivity (Wildman–Crippen MR) is 75.3 cm³/mol. The van der Waals surface area contributed by atoms with Gasteiger partial charge in [0.05, 0.1) is 6.61 Å². The Kier molecular flexibility index (Phi) is 4.80. The zero-order valence-electron chi connectivity index (χ0n) is 11.5. The lowest BCUT2D eigenvalue weighted by Crippen LogP contribution is -2.30. The maximum Gasteiger partial charge on any atom is 0.223 e. The van der Waals surface area contributed by atoms with Crippen LogP contribution in [0, 0.1) is 0 Å². The van der Waals surface area contributed by atoms with E-state index >= 15 is 0 Å². The molecule has 2 N–H and O–H groups in total. The lowest BCUT2D eigenvalue weighted by Gasteiger charge is -2.19. The molecule has 19 heavy (non-hydrogen) atoms. The second-order valence-corrected chi connectivity index (χ2v) is 5.00. The first-order chi connectivity index (χ1) is 9.20. The molecular formula is C15H22N2O2. The number of nitrogens with zero attached hydrogens (tertiary/aromatic N) is 1. The van der Waals surface area contributed by atoms with Crippen LogP contribution in [0.5, 0.6) is 5.75 Å². The maximum absolute atomic E-state index is 11.6. The molecule has 0 unspecified atom stereocenters. The Morgan fingerprint density at radius 3 is 3.11 bits per heavy atom. The zero-order valence-corrected chi connectivity index (χ0v) is 11.5. The topological polar surface area (TPSA) is 55.6 Å². The predicted octanol–water partition coefficient (Wildman–Crippen LogP) is 1.36. The molecule has 0 bridgehead atoms. The van der Waals surface area contributed by atoms with Crippen molar-refractivity contribution in [3.05, 3.63) is 29.3 Å². The number of benzene rings is 1. The summed E-state index contributed by atoms with van der Waals surface area (Å²) in [5.41, 5.74) is 7.94. The van der Waals surface area contributed by atoms with Crippen LogP contribution in [0.2, 0.25) is 0 Å². The highest BCUT2D eigenvalue weighted by atomic mass is 16.5. The van der Waals surface area contributed by atoms with E-state index in [2.05, 4.69) is 12.1 Å². The van der Waals surface area contributed by atoms with E-state index in [9.17, 15) is 4.79 Å². The Bertz CT molecular complexity index is 446. The van der Waals surface area contributed by atoms with Gasteiger partial charge in [-0.25, -0.2) is 0 Å². The number of amides is 1. The Labute approximate surface area is 114 Å². The van der Waals surface area contributed by atoms with Gasteiger partial charge in [-0.2, -0.15) is 0 Å². The van der Waals surface area contributed by atoms with Crippen molar-refractivity contribution in [3.63, 3.8) is 0 Å². The normalized spacial score (nSPS) is 13.6. The Balaban J connectivity index is 1.91. The van der Waals surface area contributed by atoms with Gasteiger partial charge >= 0.3 is 0 Å². The molecule has 2 rings (SSSR count). The fourth-order valence-electron chi connectivity index (χ4n) is 2.31. The highest BCUT2D eigenvalue weighted by Gasteiger charge is 2.11. The minimum Gasteiger partial charge on any atom is -0.493 e. The van der Waals surface area contributed by atoms with Crippen LogP contribution in [0.3, 0.4) is 0 Å². The summed E-state index contributed by atoms with van der Waals surface area (Å²) in [6, 6.07) is 6.34. The third kappa shape index (κ3) is 3.70. The molecule has 1 aromatic rings. The molecule has 0 aromatic heterocycles. The molecule has 1 heterocycles. The second-order valence-electron chi connectivity index (χ2n) is 5.00. The standard InChI is InChI=1S/C15H22N2O2/c1-17(15(18)6-8-16)9-7-12-4-5-14-13(11-12)3-2-10-19-14/h4-5,11H,2-3,6-10,16H2,1H3. The minimum absolute atomic E-state index is 0.115. The van der Waals surface area contributed by atoms with Crippen molar-refractivity contribution in [3.8, 4) is 5.75 Å². The van der Waals surface area contributed by atoms with Crippen molar-refractivity contribution in [1.82, 2.24) is 4.90 Å². The minimum atomic E-state index is 0.115. The summed E-state index contributed by atoms with van der Waals surface area (Å²) in [7, 11) is 1.83. The van der Waals surface area contributed by atoms with Gasteiger partial charge in [0.1, 0.15) is 5.75 Å². The van der Waals surface area contributed by atoms with E-state index in [1.807, 2.05) is 13.1 Å². The van der Waals surface area contributed by atoms with Gasteiger partial charge in [0.25, 0.3) is 0 Å². The molecule has 1 aliphatic rings. The van der Waals surface area contributed by atoms with Crippen molar-refractivity contribution >= 4 is 5.91 Å². The van der Waals surface area contributed by atoms with Crippen LogP contribution in [0.1, 0.15) is 24.0 Å². The van der Waals surface area contributed by atoms with Gasteiger partial charge in [-0.3, -0.25) is 4.79 Å². The van der Waals surface area contributed by atoms with E-state index in [4.69, 9.17) is 10.5 Å². The van der Waals surface area contributed by atoms with Crippen LogP contribution in [0.25, 0.3) is 0 Å². The molecule has 0 spiro atoms. The third-order valence-electron chi connectivity index (χ3n) is 3.49. The van der Waals surface area contributed by atoms with E-state index in [0.717, 1.165) is 38.2 Å². The number of hydrogen-bond acceptors (Lipinski definition) is 3. The summed E-state index contributed by atoms with van der Waals surface area (Å²) >= 11 is 0. The van der Waals surface area contributed by atoms with Crippen molar-refractivity contribution in [2.75, 3.05) is 26.7 Å². The summed E-state index contributed by atoms with van der Waals surface area (Å²) < 4.78 is 5.60. The van der Waals surface area contributed by atoms with E-state index in [1.165, 1.54) is 11.1 Å². The lowest BCUT2D eigenvalue weighted by atomic mass is 10.0. The molecule has 0 radical (unpaired) electrons. The SMILES string of the molecule is CN(CCc1ccc2c(c1)CCCO2)C(=O)CCN. The van der Waals surface area contributed by atoms with Gasteiger partial charge in [-0.1, -0.05) is 12.1 Å². The molecule has 1 aliphatic heterocycles. The van der Waals surface area contributed by atoms with Crippen LogP contribution in [0.4, 0.5) is 0 Å². The van der Waals surface area contributed by atoms with Gasteiger partial charge in [0.2, 0.25) is 5.91 Å². The fraction of sp³-hybridized carbons (Fsp3) is 0.533. The van der Waals surface area contributed by atoms with Crippen molar-refractivity contribution < 1.29 is 9.53 Å². The summed E-state index contributed by atoms with van der Waals surface area (Å²) in [6.45, 7) is 1.97. The highest BCUT2D eigenvalue weighted by Crippen LogP contribution is 2.25. The maximum atomic E-state index is 11.6. The second kappa shape index (κ2) is 6.57. The Morgan fingerprint density at radius 2 is 2.32 bits per heavy atom. The average Bonchev–Trinajstić information content (AvgIpc) is 2.44. The summed E-state index contributed by atoms with van der Waals surface area (Å²) in [6.07, 6.45) is 3.48. The first-order valence-corrected chi connectivity index (χ1v) is 6.89. The number of carbonyl (C=O) groups excluding carboxylic acids is 1. The molecule has 0 atom stereocenters. The summed E-state index contributed by atoms with van der Waals surface area (Å²) in [5, 5.41) is 0. The molecule has 0 saturated heterocycles. The highest BCUT2D eigenvalue weighted by molar-refractivity contribution is 5.76. The van der Waals surface area contributed by atoms with Crippen LogP contribution in [0.15, 0.2) is 18.2 Å². The Hall–Kier alpha value is -1.55. The first kappa shape index (κ1) is 13.9. The number of rotatable bonds is 5. The average molecular weight is 262 g/mol. The van der Waals surface area contributed by atoms with Crippen molar-refractivity contribution in [1.29, 1.82) is 0 Å². The largest absolute Gasteiger partial charge is 0.493 e. The number of carbonyl (C=O) groups is 1. The smallest absolute Gasteiger partial charge is 0.223 e. The molecule has 1 amide bonds. The van der Waals surface area contributed by atoms with Crippen LogP contribution in [-0.2, 0) is 17.6 Å². The van der Waals surface area contributed by atoms with Crippen LogP contribution < -0.4 is 10.5 Å². The molecule has 0 saturated carbocycles. The van der Waals surface area contributed by atoms with E-state index < -0.39 is 0 Å². The van der Waals surface area contributed by atoms with Gasteiger partial charge < -0.3 is 15.4 Å². The number of ether oxygens (including phenoxy) is 1. The first-order valence-electron chi connectivity index (χ1n) is 6.89. The zero-order chi connectivity index (χ0) is 13.7. The number of aryl methyl sites for hydroxylation is 1. The van der Waals surface area contributed by atoms with E-state index in [1.54, 1.807) is 4.90 Å². The lowest BCUT2D eigenvalue weighted by molar-refractivity contribution is -0.129. The van der Waals surface area contributed by atoms with Crippen LogP contribution >= 0.6 is 0 Å². The van der Waals surface area contributed by atoms with Gasteiger partial charge in [-0.15, -0.1) is 0 Å². The fourth-order valence-corrected chi connectivity index (χ4v) is 2.31. The van der Waals surface area contributed by atoms with Crippen molar-refractivity contribution in [2.24, 2.45) is 5.73 Å². The molecule has 4 heteroatoms. The Morgan fingerprint density at radius 1 is 1.47 bits per heavy atom. The molecule has 0 aliphatic carbocycles. The van der Waals surface area contributed by atoms with Gasteiger partial charge in [0.15, 0.2) is 0 Å². The molecule has 1 aromatic carbocycles. The van der Waals surface area contributed by atoms with E-state index in [-0.39, 0.29) is 5.91 Å². The van der Waals surface area contributed by atoms with Crippen molar-refractivity contribution in [2.45, 2.75) is 25.7 Å². The van der Waals surface area contributed by atoms with Gasteiger partial charge in [-0.05, 0) is 36.5 Å².